The molecule has 0 aromatic heterocycles. The molecular formula is C16H17ClN4O5S. The van der Waals surface area contributed by atoms with E-state index in [-0.39, 0.29) is 27.2 Å². The second kappa shape index (κ2) is 8.44. The number of nitrogens with zero attached hydrogens (tertiary/aromatic N) is 1. The van der Waals surface area contributed by atoms with Crippen molar-refractivity contribution >= 4 is 38.9 Å². The number of halogens is 1. The molecule has 2 rings (SSSR count). The van der Waals surface area contributed by atoms with Crippen molar-refractivity contribution in [1.29, 1.82) is 0 Å². The number of non-ortho nitro benzene ring substituents is 1. The number of carbonyl (C=O) groups is 1. The largest absolute Gasteiger partial charge is 0.323 e. The maximum Gasteiger partial charge on any atom is 0.271 e. The number of nitrogens with two attached hydrogens (primary N) is 1. The smallest absolute Gasteiger partial charge is 0.271 e. The van der Waals surface area contributed by atoms with Gasteiger partial charge in [-0.05, 0) is 30.7 Å². The van der Waals surface area contributed by atoms with Gasteiger partial charge in [-0.1, -0.05) is 23.7 Å². The van der Waals surface area contributed by atoms with Crippen molar-refractivity contribution in [2.45, 2.75) is 24.4 Å². The number of amides is 1. The fraction of sp³-hybridized carbons (Fsp3) is 0.188. The van der Waals surface area contributed by atoms with Crippen LogP contribution in [-0.4, -0.2) is 25.3 Å². The third-order valence-electron chi connectivity index (χ3n) is 3.68. The molecule has 0 bridgehead atoms. The minimum Gasteiger partial charge on any atom is -0.323 e. The Kier molecular flexibility index (Phi) is 6.50. The highest BCUT2D eigenvalue weighted by molar-refractivity contribution is 7.89. The van der Waals surface area contributed by atoms with Gasteiger partial charge in [0.1, 0.15) is 0 Å². The molecule has 27 heavy (non-hydrogen) atoms. The zero-order valence-corrected chi connectivity index (χ0v) is 15.8. The van der Waals surface area contributed by atoms with E-state index in [0.29, 0.717) is 6.54 Å². The van der Waals surface area contributed by atoms with Gasteiger partial charge in [0.05, 0.1) is 26.6 Å². The first kappa shape index (κ1) is 20.8. The highest BCUT2D eigenvalue weighted by Crippen LogP contribution is 2.26. The molecule has 0 aliphatic rings. The summed E-state index contributed by atoms with van der Waals surface area (Å²) >= 11 is 5.95. The summed E-state index contributed by atoms with van der Waals surface area (Å²) in [5, 5.41) is 21.4. The van der Waals surface area contributed by atoms with Crippen LogP contribution in [0.15, 0.2) is 47.4 Å². The van der Waals surface area contributed by atoms with Crippen molar-refractivity contribution in [2.75, 3.05) is 5.32 Å². The molecule has 9 nitrogen and oxygen atoms in total. The molecule has 1 amide bonds. The van der Waals surface area contributed by atoms with Crippen LogP contribution in [0.4, 0.5) is 11.4 Å². The van der Waals surface area contributed by atoms with Gasteiger partial charge in [-0.3, -0.25) is 14.9 Å². The number of sulfonamides is 1. The highest BCUT2D eigenvalue weighted by Gasteiger charge is 2.16. The molecule has 0 saturated heterocycles. The number of hydrogen-bond acceptors (Lipinski definition) is 6. The molecule has 0 fully saturated rings. The minimum atomic E-state index is -3.75. The first-order valence-electron chi connectivity index (χ1n) is 7.68. The summed E-state index contributed by atoms with van der Waals surface area (Å²) in [5.41, 5.74) is 0.848. The Morgan fingerprint density at radius 1 is 1.26 bits per heavy atom. The van der Waals surface area contributed by atoms with E-state index < -0.39 is 21.0 Å². The molecule has 4 N–H and O–H groups in total. The molecule has 1 atom stereocenters. The summed E-state index contributed by atoms with van der Waals surface area (Å²) in [7, 11) is -3.75. The number of anilines is 1. The van der Waals surface area contributed by atoms with E-state index in [1.807, 2.05) is 0 Å². The monoisotopic (exact) mass is 412 g/mol. The lowest BCUT2D eigenvalue weighted by molar-refractivity contribution is -0.384. The van der Waals surface area contributed by atoms with Crippen molar-refractivity contribution in [1.82, 2.24) is 5.32 Å². The molecule has 0 unspecified atom stereocenters. The minimum absolute atomic E-state index is 0.00449. The van der Waals surface area contributed by atoms with Crippen molar-refractivity contribution in [3.63, 3.8) is 0 Å². The lowest BCUT2D eigenvalue weighted by Crippen LogP contribution is -2.37. The number of nitro groups is 1. The van der Waals surface area contributed by atoms with Crippen molar-refractivity contribution in [2.24, 2.45) is 5.14 Å². The van der Waals surface area contributed by atoms with Gasteiger partial charge in [-0.15, -0.1) is 0 Å². The van der Waals surface area contributed by atoms with Crippen LogP contribution in [0.5, 0.6) is 0 Å². The van der Waals surface area contributed by atoms with Crippen LogP contribution in [-0.2, 0) is 21.4 Å². The summed E-state index contributed by atoms with van der Waals surface area (Å²) in [6, 6.07) is 9.09. The van der Waals surface area contributed by atoms with Crippen molar-refractivity contribution in [3.05, 3.63) is 63.2 Å². The number of hydrogen-bond donors (Lipinski definition) is 3. The maximum atomic E-state index is 12.2. The third kappa shape index (κ3) is 5.73. The second-order valence-electron chi connectivity index (χ2n) is 5.70. The van der Waals surface area contributed by atoms with E-state index in [1.54, 1.807) is 19.1 Å². The van der Waals surface area contributed by atoms with Gasteiger partial charge in [0.2, 0.25) is 15.9 Å². The fourth-order valence-electron chi connectivity index (χ4n) is 2.12. The topological polar surface area (TPSA) is 144 Å². The Bertz CT molecular complexity index is 963. The summed E-state index contributed by atoms with van der Waals surface area (Å²) in [4.78, 5) is 22.4. The number of benzene rings is 2. The molecule has 11 heteroatoms. The van der Waals surface area contributed by atoms with E-state index in [4.69, 9.17) is 16.7 Å². The average molecular weight is 413 g/mol. The Morgan fingerprint density at radius 2 is 1.89 bits per heavy atom. The Morgan fingerprint density at radius 3 is 2.41 bits per heavy atom. The van der Waals surface area contributed by atoms with Crippen LogP contribution in [0.1, 0.15) is 12.5 Å². The van der Waals surface area contributed by atoms with Gasteiger partial charge >= 0.3 is 0 Å². The normalized spacial score (nSPS) is 12.4. The number of primary sulfonamides is 1. The lowest BCUT2D eigenvalue weighted by Gasteiger charge is -2.15. The molecule has 0 saturated carbocycles. The van der Waals surface area contributed by atoms with E-state index in [1.165, 1.54) is 24.3 Å². The number of nitrogens with one attached hydrogen (secondary N) is 2. The molecule has 0 radical (unpaired) electrons. The maximum absolute atomic E-state index is 12.2. The first-order valence-corrected chi connectivity index (χ1v) is 9.60. The SMILES string of the molecule is C[C@H](NCc1ccc(S(N)(=O)=O)cc1)C(=O)Nc1ccc([N+](=O)[O-])cc1Cl. The number of rotatable bonds is 7. The first-order chi connectivity index (χ1) is 12.6. The Balaban J connectivity index is 1.95. The molecule has 2 aromatic carbocycles. The molecule has 144 valence electrons. The molecule has 0 aliphatic carbocycles. The number of carbonyl (C=O) groups excluding carboxylic acids is 1. The van der Waals surface area contributed by atoms with Crippen LogP contribution in [0.25, 0.3) is 0 Å². The second-order valence-corrected chi connectivity index (χ2v) is 7.67. The van der Waals surface area contributed by atoms with E-state index in [0.717, 1.165) is 11.6 Å². The molecule has 2 aromatic rings. The van der Waals surface area contributed by atoms with Crippen molar-refractivity contribution < 1.29 is 18.1 Å². The van der Waals surface area contributed by atoms with Gasteiger partial charge in [-0.2, -0.15) is 0 Å². The summed E-state index contributed by atoms with van der Waals surface area (Å²) in [5.74, 6) is -0.382. The van der Waals surface area contributed by atoms with Gasteiger partial charge < -0.3 is 10.6 Å². The summed E-state index contributed by atoms with van der Waals surface area (Å²) < 4.78 is 22.4. The number of nitro benzene ring substituents is 1. The van der Waals surface area contributed by atoms with E-state index >= 15 is 0 Å². The van der Waals surface area contributed by atoms with Crippen LogP contribution in [0.2, 0.25) is 5.02 Å². The van der Waals surface area contributed by atoms with Gasteiger partial charge in [-0.25, -0.2) is 13.6 Å². The average Bonchev–Trinajstić information content (AvgIpc) is 2.60. The fourth-order valence-corrected chi connectivity index (χ4v) is 2.86. The molecule has 0 aliphatic heterocycles. The predicted molar refractivity (Wildman–Crippen MR) is 101 cm³/mol. The Labute approximate surface area is 160 Å². The highest BCUT2D eigenvalue weighted by atomic mass is 35.5. The van der Waals surface area contributed by atoms with Crippen LogP contribution in [0, 0.1) is 10.1 Å². The summed E-state index contributed by atoms with van der Waals surface area (Å²) in [6.45, 7) is 1.95. The lowest BCUT2D eigenvalue weighted by atomic mass is 10.2. The zero-order chi connectivity index (χ0) is 20.2. The zero-order valence-electron chi connectivity index (χ0n) is 14.2. The van der Waals surface area contributed by atoms with E-state index in [9.17, 15) is 23.3 Å². The van der Waals surface area contributed by atoms with Gasteiger partial charge in [0.15, 0.2) is 0 Å². The standard InChI is InChI=1S/C16H17ClN4O5S/c1-10(19-9-11-2-5-13(6-3-11)27(18,25)26)16(22)20-15-7-4-12(21(23)24)8-14(15)17/h2-8,10,19H,9H2,1H3,(H,20,22)(H2,18,25,26)/t10-/m0/s1. The quantitative estimate of drug-likeness (QED) is 0.468. The molecular weight excluding hydrogens is 396 g/mol. The van der Waals surface area contributed by atoms with E-state index in [2.05, 4.69) is 10.6 Å². The summed E-state index contributed by atoms with van der Waals surface area (Å²) in [6.07, 6.45) is 0. The van der Waals surface area contributed by atoms with Crippen LogP contribution in [0.3, 0.4) is 0 Å². The molecule has 0 heterocycles. The third-order valence-corrected chi connectivity index (χ3v) is 4.92. The predicted octanol–water partition coefficient (Wildman–Crippen LogP) is 2.01. The van der Waals surface area contributed by atoms with Crippen LogP contribution < -0.4 is 15.8 Å². The van der Waals surface area contributed by atoms with Gasteiger partial charge in [0.25, 0.3) is 5.69 Å². The van der Waals surface area contributed by atoms with Crippen LogP contribution >= 0.6 is 11.6 Å². The van der Waals surface area contributed by atoms with Crippen molar-refractivity contribution in [3.8, 4) is 0 Å². The van der Waals surface area contributed by atoms with Gasteiger partial charge in [0, 0.05) is 18.7 Å². The Hall–Kier alpha value is -2.53. The molecule has 0 spiro atoms.